The van der Waals surface area contributed by atoms with Crippen LogP contribution in [0.3, 0.4) is 0 Å². The van der Waals surface area contributed by atoms with E-state index in [0.717, 1.165) is 17.7 Å². The van der Waals surface area contributed by atoms with Crippen LogP contribution < -0.4 is 5.32 Å². The number of aliphatic hydroxyl groups excluding tert-OH is 1. The van der Waals surface area contributed by atoms with Crippen LogP contribution in [0.5, 0.6) is 0 Å². The largest absolute Gasteiger partial charge is 0.392 e. The normalized spacial score (nSPS) is 12.1. The van der Waals surface area contributed by atoms with Gasteiger partial charge in [-0.05, 0) is 29.7 Å². The molecule has 0 radical (unpaired) electrons. The van der Waals surface area contributed by atoms with Crippen LogP contribution in [-0.2, 0) is 6.61 Å². The van der Waals surface area contributed by atoms with E-state index in [4.69, 9.17) is 0 Å². The molecule has 0 amide bonds. The highest BCUT2D eigenvalue weighted by molar-refractivity contribution is 5.47. The number of rotatable bonds is 7. The van der Waals surface area contributed by atoms with Crippen LogP contribution >= 0.6 is 0 Å². The quantitative estimate of drug-likeness (QED) is 0.774. The van der Waals surface area contributed by atoms with Crippen molar-refractivity contribution in [1.82, 2.24) is 0 Å². The fourth-order valence-corrected chi connectivity index (χ4v) is 2.38. The molecule has 0 saturated carbocycles. The Hall–Kier alpha value is -1.80. The molecule has 1 unspecified atom stereocenters. The summed E-state index contributed by atoms with van der Waals surface area (Å²) in [5.74, 6) is 0. The minimum atomic E-state index is 0.0838. The molecule has 0 saturated heterocycles. The van der Waals surface area contributed by atoms with Crippen LogP contribution in [0, 0.1) is 0 Å². The molecular weight excluding hydrogens is 246 g/mol. The van der Waals surface area contributed by atoms with Crippen LogP contribution in [-0.4, -0.2) is 5.11 Å². The Bertz CT molecular complexity index is 510. The highest BCUT2D eigenvalue weighted by Crippen LogP contribution is 2.25. The Balaban J connectivity index is 2.14. The lowest BCUT2D eigenvalue weighted by molar-refractivity contribution is 0.282. The first-order valence-corrected chi connectivity index (χ1v) is 7.34. The van der Waals surface area contributed by atoms with Gasteiger partial charge >= 0.3 is 0 Å². The van der Waals surface area contributed by atoms with Gasteiger partial charge in [0.15, 0.2) is 0 Å². The molecule has 106 valence electrons. The van der Waals surface area contributed by atoms with Crippen molar-refractivity contribution in [2.45, 2.75) is 38.8 Å². The molecule has 20 heavy (non-hydrogen) atoms. The fourth-order valence-electron chi connectivity index (χ4n) is 2.38. The summed E-state index contributed by atoms with van der Waals surface area (Å²) >= 11 is 0. The van der Waals surface area contributed by atoms with Crippen molar-refractivity contribution in [1.29, 1.82) is 0 Å². The lowest BCUT2D eigenvalue weighted by atomic mass is 10.0. The van der Waals surface area contributed by atoms with E-state index in [1.807, 2.05) is 24.3 Å². The number of unbranched alkanes of at least 4 members (excludes halogenated alkanes) is 1. The van der Waals surface area contributed by atoms with E-state index in [2.05, 4.69) is 42.6 Å². The first kappa shape index (κ1) is 14.6. The van der Waals surface area contributed by atoms with Crippen molar-refractivity contribution in [3.8, 4) is 0 Å². The van der Waals surface area contributed by atoms with Gasteiger partial charge in [0, 0.05) is 5.69 Å². The van der Waals surface area contributed by atoms with E-state index < -0.39 is 0 Å². The van der Waals surface area contributed by atoms with Crippen molar-refractivity contribution >= 4 is 5.69 Å². The zero-order valence-corrected chi connectivity index (χ0v) is 12.0. The van der Waals surface area contributed by atoms with Gasteiger partial charge in [-0.2, -0.15) is 0 Å². The second kappa shape index (κ2) is 7.71. The predicted octanol–water partition coefficient (Wildman–Crippen LogP) is 4.52. The molecule has 0 aromatic heterocycles. The summed E-state index contributed by atoms with van der Waals surface area (Å²) in [6.45, 7) is 2.30. The molecule has 0 aliphatic carbocycles. The second-order valence-corrected chi connectivity index (χ2v) is 5.11. The number of hydrogen-bond acceptors (Lipinski definition) is 2. The molecule has 2 N–H and O–H groups in total. The van der Waals surface area contributed by atoms with Crippen molar-refractivity contribution in [3.05, 3.63) is 65.7 Å². The summed E-state index contributed by atoms with van der Waals surface area (Å²) in [6, 6.07) is 18.9. The number of anilines is 1. The average molecular weight is 269 g/mol. The highest BCUT2D eigenvalue weighted by Gasteiger charge is 2.10. The Morgan fingerprint density at radius 1 is 1.05 bits per heavy atom. The Labute approximate surface area is 121 Å². The molecule has 2 rings (SSSR count). The van der Waals surface area contributed by atoms with E-state index in [0.29, 0.717) is 6.04 Å². The summed E-state index contributed by atoms with van der Waals surface area (Å²) in [5.41, 5.74) is 3.33. The van der Waals surface area contributed by atoms with Gasteiger partial charge in [-0.15, -0.1) is 0 Å². The zero-order valence-electron chi connectivity index (χ0n) is 12.0. The van der Waals surface area contributed by atoms with Crippen LogP contribution in [0.2, 0.25) is 0 Å². The number of hydrogen-bond donors (Lipinski definition) is 2. The zero-order chi connectivity index (χ0) is 14.2. The lowest BCUT2D eigenvalue weighted by Crippen LogP contribution is -2.11. The molecule has 2 nitrogen and oxygen atoms in total. The van der Waals surface area contributed by atoms with Crippen molar-refractivity contribution in [3.63, 3.8) is 0 Å². The maximum Gasteiger partial charge on any atom is 0.0682 e. The molecule has 2 heteroatoms. The maximum atomic E-state index is 9.23. The lowest BCUT2D eigenvalue weighted by Gasteiger charge is -2.20. The van der Waals surface area contributed by atoms with Gasteiger partial charge in [0.1, 0.15) is 0 Å². The Kier molecular flexibility index (Phi) is 5.63. The van der Waals surface area contributed by atoms with E-state index >= 15 is 0 Å². The van der Waals surface area contributed by atoms with E-state index in [1.165, 1.54) is 18.4 Å². The molecule has 2 aromatic rings. The van der Waals surface area contributed by atoms with Crippen LogP contribution in [0.25, 0.3) is 0 Å². The van der Waals surface area contributed by atoms with E-state index in [9.17, 15) is 5.11 Å². The Morgan fingerprint density at radius 3 is 2.55 bits per heavy atom. The smallest absolute Gasteiger partial charge is 0.0682 e. The van der Waals surface area contributed by atoms with Gasteiger partial charge in [-0.3, -0.25) is 0 Å². The van der Waals surface area contributed by atoms with Gasteiger partial charge < -0.3 is 10.4 Å². The monoisotopic (exact) mass is 269 g/mol. The van der Waals surface area contributed by atoms with Gasteiger partial charge in [0.25, 0.3) is 0 Å². The van der Waals surface area contributed by atoms with Gasteiger partial charge in [-0.25, -0.2) is 0 Å². The average Bonchev–Trinajstić information content (AvgIpc) is 2.52. The molecule has 0 fully saturated rings. The molecule has 0 aliphatic heterocycles. The predicted molar refractivity (Wildman–Crippen MR) is 84.7 cm³/mol. The third kappa shape index (κ3) is 4.10. The summed E-state index contributed by atoms with van der Waals surface area (Å²) in [7, 11) is 0. The summed E-state index contributed by atoms with van der Waals surface area (Å²) < 4.78 is 0. The molecule has 0 heterocycles. The van der Waals surface area contributed by atoms with Gasteiger partial charge in [-0.1, -0.05) is 62.2 Å². The summed E-state index contributed by atoms with van der Waals surface area (Å²) in [6.07, 6.45) is 3.51. The molecule has 0 spiro atoms. The molecular formula is C18H23NO. The van der Waals surface area contributed by atoms with Gasteiger partial charge in [0.2, 0.25) is 0 Å². The summed E-state index contributed by atoms with van der Waals surface area (Å²) in [4.78, 5) is 0. The standard InChI is InChI=1S/C18H23NO/c1-2-3-12-18(16-9-5-4-6-10-16)19-17-11-7-8-15(13-17)14-20/h4-11,13,18-20H,2-3,12,14H2,1H3. The van der Waals surface area contributed by atoms with E-state index in [1.54, 1.807) is 0 Å². The molecule has 2 aromatic carbocycles. The van der Waals surface area contributed by atoms with Crippen LogP contribution in [0.4, 0.5) is 5.69 Å². The number of benzene rings is 2. The minimum Gasteiger partial charge on any atom is -0.392 e. The first-order chi connectivity index (χ1) is 9.83. The molecule has 0 bridgehead atoms. The van der Waals surface area contributed by atoms with Crippen molar-refractivity contribution < 1.29 is 5.11 Å². The maximum absolute atomic E-state index is 9.23. The Morgan fingerprint density at radius 2 is 1.85 bits per heavy atom. The SMILES string of the molecule is CCCCC(Nc1cccc(CO)c1)c1ccccc1. The molecule has 1 atom stereocenters. The number of nitrogens with one attached hydrogen (secondary N) is 1. The van der Waals surface area contributed by atoms with Crippen LogP contribution in [0.15, 0.2) is 54.6 Å². The third-order valence-electron chi connectivity index (χ3n) is 3.50. The second-order valence-electron chi connectivity index (χ2n) is 5.11. The van der Waals surface area contributed by atoms with Gasteiger partial charge in [0.05, 0.1) is 12.6 Å². The highest BCUT2D eigenvalue weighted by atomic mass is 16.3. The van der Waals surface area contributed by atoms with E-state index in [-0.39, 0.29) is 6.61 Å². The topological polar surface area (TPSA) is 32.3 Å². The number of aliphatic hydroxyl groups is 1. The minimum absolute atomic E-state index is 0.0838. The molecule has 0 aliphatic rings. The van der Waals surface area contributed by atoms with Crippen molar-refractivity contribution in [2.24, 2.45) is 0 Å². The summed E-state index contributed by atoms with van der Waals surface area (Å²) in [5, 5.41) is 12.8. The third-order valence-corrected chi connectivity index (χ3v) is 3.50. The first-order valence-electron chi connectivity index (χ1n) is 7.34. The van der Waals surface area contributed by atoms with Crippen molar-refractivity contribution in [2.75, 3.05) is 5.32 Å². The fraction of sp³-hybridized carbons (Fsp3) is 0.333. The van der Waals surface area contributed by atoms with Crippen LogP contribution in [0.1, 0.15) is 43.4 Å².